The monoisotopic (exact) mass is 335 g/mol. The van der Waals surface area contributed by atoms with E-state index in [9.17, 15) is 0 Å². The number of nitrogens with one attached hydrogen (secondary N) is 2. The second-order valence-corrected chi connectivity index (χ2v) is 6.40. The van der Waals surface area contributed by atoms with Crippen molar-refractivity contribution in [3.05, 3.63) is 24.2 Å². The van der Waals surface area contributed by atoms with Crippen LogP contribution in [0, 0.1) is 0 Å². The summed E-state index contributed by atoms with van der Waals surface area (Å²) in [6.07, 6.45) is 5.64. The molecule has 2 N–H and O–H groups in total. The zero-order valence-corrected chi connectivity index (χ0v) is 15.4. The van der Waals surface area contributed by atoms with E-state index in [-0.39, 0.29) is 6.04 Å². The van der Waals surface area contributed by atoms with Gasteiger partial charge in [0.25, 0.3) is 0 Å². The maximum atomic E-state index is 5.69. The Morgan fingerprint density at radius 1 is 1.33 bits per heavy atom. The minimum absolute atomic E-state index is 0.261. The Morgan fingerprint density at radius 2 is 2.12 bits per heavy atom. The van der Waals surface area contributed by atoms with Gasteiger partial charge in [0.1, 0.15) is 5.76 Å². The number of furan rings is 1. The topological polar surface area (TPSA) is 56.0 Å². The number of likely N-dealkylation sites (tertiary alicyclic amines) is 1. The lowest BCUT2D eigenvalue weighted by Gasteiger charge is -2.33. The first kappa shape index (κ1) is 18.8. The number of rotatable bonds is 8. The Balaban J connectivity index is 1.86. The van der Waals surface area contributed by atoms with Gasteiger partial charge in [0, 0.05) is 26.7 Å². The Kier molecular flexibility index (Phi) is 8.12. The van der Waals surface area contributed by atoms with Crippen LogP contribution in [-0.2, 0) is 0 Å². The van der Waals surface area contributed by atoms with Crippen molar-refractivity contribution in [1.29, 1.82) is 0 Å². The molecule has 0 aliphatic carbocycles. The first-order chi connectivity index (χ1) is 11.7. The van der Waals surface area contributed by atoms with E-state index in [2.05, 4.69) is 45.5 Å². The molecule has 1 aliphatic heterocycles. The largest absolute Gasteiger partial charge is 0.468 e. The highest BCUT2D eigenvalue weighted by Crippen LogP contribution is 2.24. The van der Waals surface area contributed by atoms with Gasteiger partial charge in [0.05, 0.1) is 12.3 Å². The molecule has 0 aromatic carbocycles. The molecule has 1 saturated heterocycles. The average Bonchev–Trinajstić information content (AvgIpc) is 3.15. The Labute approximate surface area is 146 Å². The van der Waals surface area contributed by atoms with E-state index >= 15 is 0 Å². The van der Waals surface area contributed by atoms with Crippen molar-refractivity contribution < 1.29 is 4.42 Å². The molecule has 1 aliphatic rings. The molecule has 136 valence electrons. The molecule has 2 rings (SSSR count). The summed E-state index contributed by atoms with van der Waals surface area (Å²) < 4.78 is 5.69. The standard InChI is InChI=1S/C18H33N5O/c1-4-22(3)13-10-20-18(19-2)21-15-16(17-9-8-14-24-17)23-11-6-5-7-12-23/h8-9,14,16H,4-7,10-13,15H2,1-3H3,(H2,19,20,21). The van der Waals surface area contributed by atoms with Gasteiger partial charge in [0.15, 0.2) is 5.96 Å². The predicted octanol–water partition coefficient (Wildman–Crippen LogP) is 1.92. The van der Waals surface area contributed by atoms with Crippen molar-refractivity contribution in [1.82, 2.24) is 20.4 Å². The maximum Gasteiger partial charge on any atom is 0.191 e. The van der Waals surface area contributed by atoms with E-state index in [1.54, 1.807) is 6.26 Å². The number of nitrogens with zero attached hydrogens (tertiary/aromatic N) is 3. The minimum atomic E-state index is 0.261. The van der Waals surface area contributed by atoms with E-state index in [0.717, 1.165) is 51.0 Å². The molecule has 6 nitrogen and oxygen atoms in total. The zero-order valence-electron chi connectivity index (χ0n) is 15.4. The van der Waals surface area contributed by atoms with Crippen LogP contribution in [0.4, 0.5) is 0 Å². The lowest BCUT2D eigenvalue weighted by molar-refractivity contribution is 0.146. The fourth-order valence-electron chi connectivity index (χ4n) is 3.06. The molecule has 6 heteroatoms. The smallest absolute Gasteiger partial charge is 0.191 e. The van der Waals surface area contributed by atoms with Crippen LogP contribution in [0.1, 0.15) is 38.0 Å². The zero-order chi connectivity index (χ0) is 17.2. The first-order valence-electron chi connectivity index (χ1n) is 9.15. The van der Waals surface area contributed by atoms with E-state index in [1.807, 2.05) is 13.1 Å². The highest BCUT2D eigenvalue weighted by atomic mass is 16.3. The van der Waals surface area contributed by atoms with E-state index < -0.39 is 0 Å². The second kappa shape index (κ2) is 10.4. The lowest BCUT2D eigenvalue weighted by Crippen LogP contribution is -2.45. The molecule has 1 atom stereocenters. The molecule has 0 bridgehead atoms. The van der Waals surface area contributed by atoms with E-state index in [1.165, 1.54) is 19.3 Å². The van der Waals surface area contributed by atoms with Gasteiger partial charge in [-0.05, 0) is 51.7 Å². The molecule has 0 amide bonds. The number of hydrogen-bond acceptors (Lipinski definition) is 4. The third-order valence-electron chi connectivity index (χ3n) is 4.72. The maximum absolute atomic E-state index is 5.69. The van der Waals surface area contributed by atoms with Gasteiger partial charge >= 0.3 is 0 Å². The van der Waals surface area contributed by atoms with Gasteiger partial charge in [-0.2, -0.15) is 0 Å². The number of piperidine rings is 1. The van der Waals surface area contributed by atoms with Gasteiger partial charge in [0.2, 0.25) is 0 Å². The molecule has 1 aromatic rings. The Morgan fingerprint density at radius 3 is 2.75 bits per heavy atom. The van der Waals surface area contributed by atoms with Crippen LogP contribution in [0.15, 0.2) is 27.8 Å². The van der Waals surface area contributed by atoms with Gasteiger partial charge in [-0.15, -0.1) is 0 Å². The highest BCUT2D eigenvalue weighted by molar-refractivity contribution is 5.79. The molecule has 24 heavy (non-hydrogen) atoms. The summed E-state index contributed by atoms with van der Waals surface area (Å²) >= 11 is 0. The van der Waals surface area contributed by atoms with Crippen molar-refractivity contribution >= 4 is 5.96 Å². The summed E-state index contributed by atoms with van der Waals surface area (Å²) in [4.78, 5) is 9.13. The molecule has 1 fully saturated rings. The van der Waals surface area contributed by atoms with Gasteiger partial charge < -0.3 is 20.0 Å². The van der Waals surface area contributed by atoms with Crippen molar-refractivity contribution in [2.24, 2.45) is 4.99 Å². The Bertz CT molecular complexity index is 468. The fraction of sp³-hybridized carbons (Fsp3) is 0.722. The summed E-state index contributed by atoms with van der Waals surface area (Å²) in [5.74, 6) is 1.89. The minimum Gasteiger partial charge on any atom is -0.468 e. The van der Waals surface area contributed by atoms with Crippen molar-refractivity contribution in [2.75, 3.05) is 53.4 Å². The van der Waals surface area contributed by atoms with Crippen LogP contribution in [0.2, 0.25) is 0 Å². The van der Waals surface area contributed by atoms with Crippen LogP contribution in [0.5, 0.6) is 0 Å². The molecule has 1 unspecified atom stereocenters. The second-order valence-electron chi connectivity index (χ2n) is 6.40. The summed E-state index contributed by atoms with van der Waals surface area (Å²) in [5, 5.41) is 6.85. The molecule has 2 heterocycles. The summed E-state index contributed by atoms with van der Waals surface area (Å²) in [6, 6.07) is 4.31. The molecule has 0 radical (unpaired) electrons. The van der Waals surface area contributed by atoms with Crippen molar-refractivity contribution in [3.63, 3.8) is 0 Å². The van der Waals surface area contributed by atoms with Crippen LogP contribution < -0.4 is 10.6 Å². The average molecular weight is 335 g/mol. The Hall–Kier alpha value is -1.53. The fourth-order valence-corrected chi connectivity index (χ4v) is 3.06. The highest BCUT2D eigenvalue weighted by Gasteiger charge is 2.24. The SMILES string of the molecule is CCN(C)CCNC(=NC)NCC(c1ccco1)N1CCCCC1. The van der Waals surface area contributed by atoms with Gasteiger partial charge in [-0.3, -0.25) is 9.89 Å². The summed E-state index contributed by atoms with van der Waals surface area (Å²) in [6.45, 7) is 8.20. The van der Waals surface area contributed by atoms with E-state index in [0.29, 0.717) is 0 Å². The normalized spacial score (nSPS) is 17.9. The molecule has 0 spiro atoms. The molecular formula is C18H33N5O. The van der Waals surface area contributed by atoms with Crippen LogP contribution in [0.25, 0.3) is 0 Å². The number of guanidine groups is 1. The van der Waals surface area contributed by atoms with Crippen molar-refractivity contribution in [3.8, 4) is 0 Å². The number of hydrogen-bond donors (Lipinski definition) is 2. The molecule has 0 saturated carbocycles. The van der Waals surface area contributed by atoms with Crippen LogP contribution in [-0.4, -0.2) is 69.1 Å². The van der Waals surface area contributed by atoms with E-state index in [4.69, 9.17) is 4.42 Å². The molecular weight excluding hydrogens is 302 g/mol. The van der Waals surface area contributed by atoms with Crippen LogP contribution >= 0.6 is 0 Å². The third kappa shape index (κ3) is 5.83. The number of aliphatic imine (C=N–C) groups is 1. The quantitative estimate of drug-likeness (QED) is 0.561. The predicted molar refractivity (Wildman–Crippen MR) is 99.4 cm³/mol. The number of likely N-dealkylation sites (N-methyl/N-ethyl adjacent to an activating group) is 1. The van der Waals surface area contributed by atoms with Crippen molar-refractivity contribution in [2.45, 2.75) is 32.2 Å². The third-order valence-corrected chi connectivity index (χ3v) is 4.72. The van der Waals surface area contributed by atoms with Gasteiger partial charge in [-0.25, -0.2) is 0 Å². The lowest BCUT2D eigenvalue weighted by atomic mass is 10.1. The van der Waals surface area contributed by atoms with Gasteiger partial charge in [-0.1, -0.05) is 13.3 Å². The molecule has 1 aromatic heterocycles. The van der Waals surface area contributed by atoms with Crippen LogP contribution in [0.3, 0.4) is 0 Å². The summed E-state index contributed by atoms with van der Waals surface area (Å²) in [7, 11) is 3.95. The first-order valence-corrected chi connectivity index (χ1v) is 9.15. The summed E-state index contributed by atoms with van der Waals surface area (Å²) in [5.41, 5.74) is 0.